The van der Waals surface area contributed by atoms with Crippen LogP contribution in [0.4, 0.5) is 4.39 Å². The molecular weight excluding hydrogens is 335 g/mol. The van der Waals surface area contributed by atoms with E-state index in [0.29, 0.717) is 12.1 Å². The molecule has 1 aromatic carbocycles. The minimum atomic E-state index is -1.37. The smallest absolute Gasteiger partial charge is 0.330 e. The maximum atomic E-state index is 13.6. The standard InChI is InChI=1S/C17H18ClFN2O3/c1-4-21-9(2)7-12(10(21)3)16(22)20-15(17(23)24)11-5-6-13(18)14(19)8-11/h5-8,15H,4H2,1-3H3,(H,20,22)(H,23,24). The lowest BCUT2D eigenvalue weighted by Gasteiger charge is -2.15. The number of aliphatic carboxylic acids is 1. The van der Waals surface area contributed by atoms with E-state index in [1.807, 2.05) is 18.4 Å². The Kier molecular flexibility index (Phi) is 5.29. The fraction of sp³-hybridized carbons (Fsp3) is 0.294. The first kappa shape index (κ1) is 18.0. The topological polar surface area (TPSA) is 71.3 Å². The van der Waals surface area contributed by atoms with Crippen molar-refractivity contribution >= 4 is 23.5 Å². The molecule has 5 nitrogen and oxygen atoms in total. The Morgan fingerprint density at radius 2 is 2.00 bits per heavy atom. The first-order chi connectivity index (χ1) is 11.3. The molecule has 0 aliphatic carbocycles. The van der Waals surface area contributed by atoms with Crippen LogP contribution in [0.25, 0.3) is 0 Å². The minimum absolute atomic E-state index is 0.110. The number of rotatable bonds is 5. The lowest BCUT2D eigenvalue weighted by Crippen LogP contribution is -2.34. The van der Waals surface area contributed by atoms with Crippen molar-refractivity contribution in [1.29, 1.82) is 0 Å². The number of carboxylic acid groups (broad SMARTS) is 1. The molecule has 0 saturated carbocycles. The average Bonchev–Trinajstić information content (AvgIpc) is 2.81. The molecule has 0 aliphatic rings. The summed E-state index contributed by atoms with van der Waals surface area (Å²) in [7, 11) is 0. The van der Waals surface area contributed by atoms with E-state index >= 15 is 0 Å². The van der Waals surface area contributed by atoms with E-state index in [9.17, 15) is 19.1 Å². The molecule has 0 fully saturated rings. The van der Waals surface area contributed by atoms with E-state index in [1.54, 1.807) is 13.0 Å². The summed E-state index contributed by atoms with van der Waals surface area (Å²) < 4.78 is 15.5. The number of hydrogen-bond donors (Lipinski definition) is 2. The average molecular weight is 353 g/mol. The summed E-state index contributed by atoms with van der Waals surface area (Å²) >= 11 is 5.61. The van der Waals surface area contributed by atoms with Gasteiger partial charge in [0.25, 0.3) is 5.91 Å². The zero-order valence-corrected chi connectivity index (χ0v) is 14.3. The van der Waals surface area contributed by atoms with Gasteiger partial charge in [0.05, 0.1) is 10.6 Å². The second kappa shape index (κ2) is 7.05. The number of carbonyl (C=O) groups is 2. The second-order valence-corrected chi connectivity index (χ2v) is 5.85. The number of nitrogens with zero attached hydrogens (tertiary/aromatic N) is 1. The Balaban J connectivity index is 2.33. The van der Waals surface area contributed by atoms with Crippen LogP contribution in [0.15, 0.2) is 24.3 Å². The lowest BCUT2D eigenvalue weighted by atomic mass is 10.1. The number of aryl methyl sites for hydroxylation is 1. The van der Waals surface area contributed by atoms with Crippen molar-refractivity contribution in [2.45, 2.75) is 33.4 Å². The summed E-state index contributed by atoms with van der Waals surface area (Å²) in [5, 5.41) is 11.7. The second-order valence-electron chi connectivity index (χ2n) is 5.45. The van der Waals surface area contributed by atoms with Gasteiger partial charge in [0.2, 0.25) is 0 Å². The Bertz CT molecular complexity index is 801. The molecule has 1 heterocycles. The van der Waals surface area contributed by atoms with Crippen molar-refractivity contribution in [3.05, 3.63) is 57.6 Å². The molecule has 0 saturated heterocycles. The van der Waals surface area contributed by atoms with E-state index in [-0.39, 0.29) is 10.6 Å². The van der Waals surface area contributed by atoms with Crippen molar-refractivity contribution in [3.63, 3.8) is 0 Å². The van der Waals surface area contributed by atoms with Crippen LogP contribution in [0.5, 0.6) is 0 Å². The molecule has 1 amide bonds. The summed E-state index contributed by atoms with van der Waals surface area (Å²) in [5.41, 5.74) is 2.17. The van der Waals surface area contributed by atoms with Crippen molar-refractivity contribution in [2.24, 2.45) is 0 Å². The van der Waals surface area contributed by atoms with Crippen LogP contribution in [-0.4, -0.2) is 21.6 Å². The highest BCUT2D eigenvalue weighted by atomic mass is 35.5. The summed E-state index contributed by atoms with van der Waals surface area (Å²) in [4.78, 5) is 24.0. The predicted molar refractivity (Wildman–Crippen MR) is 88.8 cm³/mol. The quantitative estimate of drug-likeness (QED) is 0.865. The van der Waals surface area contributed by atoms with E-state index in [4.69, 9.17) is 11.6 Å². The SMILES string of the molecule is CCn1c(C)cc(C(=O)NC(C(=O)O)c2ccc(Cl)c(F)c2)c1C. The van der Waals surface area contributed by atoms with Crippen molar-refractivity contribution < 1.29 is 19.1 Å². The molecule has 2 aromatic rings. The fourth-order valence-electron chi connectivity index (χ4n) is 2.71. The number of carboxylic acids is 1. The maximum Gasteiger partial charge on any atom is 0.330 e. The molecule has 0 radical (unpaired) electrons. The molecular formula is C17H18ClFN2O3. The van der Waals surface area contributed by atoms with Gasteiger partial charge in [-0.05, 0) is 44.5 Å². The molecule has 7 heteroatoms. The highest BCUT2D eigenvalue weighted by molar-refractivity contribution is 6.30. The van der Waals surface area contributed by atoms with Gasteiger partial charge in [0, 0.05) is 17.9 Å². The third-order valence-corrected chi connectivity index (χ3v) is 4.24. The van der Waals surface area contributed by atoms with Gasteiger partial charge in [-0.1, -0.05) is 17.7 Å². The van der Waals surface area contributed by atoms with Crippen LogP contribution in [0.2, 0.25) is 5.02 Å². The number of amides is 1. The third kappa shape index (κ3) is 3.43. The van der Waals surface area contributed by atoms with Crippen LogP contribution in [0, 0.1) is 19.7 Å². The van der Waals surface area contributed by atoms with Gasteiger partial charge in [0.15, 0.2) is 6.04 Å². The fourth-order valence-corrected chi connectivity index (χ4v) is 2.82. The zero-order valence-electron chi connectivity index (χ0n) is 13.6. The zero-order chi connectivity index (χ0) is 18.0. The van der Waals surface area contributed by atoms with Crippen molar-refractivity contribution in [1.82, 2.24) is 9.88 Å². The van der Waals surface area contributed by atoms with Gasteiger partial charge in [-0.2, -0.15) is 0 Å². The molecule has 1 unspecified atom stereocenters. The molecule has 0 spiro atoms. The Labute approximate surface area is 144 Å². The molecule has 0 bridgehead atoms. The number of carbonyl (C=O) groups excluding carboxylic acids is 1. The number of aromatic nitrogens is 1. The van der Waals surface area contributed by atoms with Crippen molar-refractivity contribution in [3.8, 4) is 0 Å². The van der Waals surface area contributed by atoms with Gasteiger partial charge in [-0.15, -0.1) is 0 Å². The molecule has 2 N–H and O–H groups in total. The normalized spacial score (nSPS) is 12.0. The molecule has 2 rings (SSSR count). The van der Waals surface area contributed by atoms with E-state index in [2.05, 4.69) is 5.32 Å². The van der Waals surface area contributed by atoms with Crippen LogP contribution >= 0.6 is 11.6 Å². The van der Waals surface area contributed by atoms with E-state index < -0.39 is 23.7 Å². The Morgan fingerprint density at radius 1 is 1.33 bits per heavy atom. The summed E-state index contributed by atoms with van der Waals surface area (Å²) in [5.74, 6) is -2.54. The number of nitrogens with one attached hydrogen (secondary N) is 1. The molecule has 24 heavy (non-hydrogen) atoms. The predicted octanol–water partition coefficient (Wildman–Crippen LogP) is 3.47. The van der Waals surface area contributed by atoms with E-state index in [0.717, 1.165) is 17.5 Å². The van der Waals surface area contributed by atoms with Crippen LogP contribution in [-0.2, 0) is 11.3 Å². The summed E-state index contributed by atoms with van der Waals surface area (Å²) in [6.07, 6.45) is 0. The van der Waals surface area contributed by atoms with Crippen molar-refractivity contribution in [2.75, 3.05) is 0 Å². The van der Waals surface area contributed by atoms with Gasteiger partial charge >= 0.3 is 5.97 Å². The summed E-state index contributed by atoms with van der Waals surface area (Å²) in [6, 6.07) is 3.98. The number of hydrogen-bond acceptors (Lipinski definition) is 2. The lowest BCUT2D eigenvalue weighted by molar-refractivity contribution is -0.139. The highest BCUT2D eigenvalue weighted by Gasteiger charge is 2.25. The monoisotopic (exact) mass is 352 g/mol. The van der Waals surface area contributed by atoms with Gasteiger partial charge < -0.3 is 15.0 Å². The molecule has 128 valence electrons. The first-order valence-corrected chi connectivity index (χ1v) is 7.79. The first-order valence-electron chi connectivity index (χ1n) is 7.41. The largest absolute Gasteiger partial charge is 0.479 e. The Hall–Kier alpha value is -2.34. The maximum absolute atomic E-state index is 13.6. The minimum Gasteiger partial charge on any atom is -0.479 e. The molecule has 0 aliphatic heterocycles. The highest BCUT2D eigenvalue weighted by Crippen LogP contribution is 2.22. The Morgan fingerprint density at radius 3 is 2.50 bits per heavy atom. The van der Waals surface area contributed by atoms with Gasteiger partial charge in [-0.3, -0.25) is 4.79 Å². The third-order valence-electron chi connectivity index (χ3n) is 3.93. The van der Waals surface area contributed by atoms with Crippen LogP contribution < -0.4 is 5.32 Å². The number of benzene rings is 1. The van der Waals surface area contributed by atoms with Gasteiger partial charge in [-0.25, -0.2) is 9.18 Å². The van der Waals surface area contributed by atoms with E-state index in [1.165, 1.54) is 12.1 Å². The molecule has 1 atom stereocenters. The van der Waals surface area contributed by atoms with Crippen LogP contribution in [0.1, 0.15) is 40.3 Å². The summed E-state index contributed by atoms with van der Waals surface area (Å²) in [6.45, 7) is 6.33. The van der Waals surface area contributed by atoms with Gasteiger partial charge in [0.1, 0.15) is 5.82 Å². The van der Waals surface area contributed by atoms with Crippen LogP contribution in [0.3, 0.4) is 0 Å². The number of halogens is 2. The molecule has 1 aromatic heterocycles.